The van der Waals surface area contributed by atoms with E-state index in [0.717, 1.165) is 12.0 Å². The van der Waals surface area contributed by atoms with E-state index in [1.54, 1.807) is 6.07 Å². The second kappa shape index (κ2) is 6.07. The number of thiophene rings is 1. The third kappa shape index (κ3) is 2.84. The van der Waals surface area contributed by atoms with Crippen LogP contribution in [0.15, 0.2) is 29.6 Å². The molecule has 0 radical (unpaired) electrons. The Bertz CT molecular complexity index is 666. The van der Waals surface area contributed by atoms with Crippen molar-refractivity contribution in [2.45, 2.75) is 13.3 Å². The summed E-state index contributed by atoms with van der Waals surface area (Å²) in [5, 5.41) is 13.8. The van der Waals surface area contributed by atoms with Crippen molar-refractivity contribution in [1.82, 2.24) is 0 Å². The molecule has 6 heteroatoms. The second-order valence-corrected chi connectivity index (χ2v) is 5.37. The number of aryl methyl sites for hydroxylation is 1. The van der Waals surface area contributed by atoms with E-state index in [1.807, 2.05) is 18.4 Å². The topological polar surface area (TPSA) is 66.4 Å². The summed E-state index contributed by atoms with van der Waals surface area (Å²) in [6.45, 7) is 1.96. The number of hydrogen-bond donors (Lipinski definition) is 2. The van der Waals surface area contributed by atoms with E-state index >= 15 is 0 Å². The van der Waals surface area contributed by atoms with Gasteiger partial charge < -0.3 is 10.4 Å². The highest BCUT2D eigenvalue weighted by Crippen LogP contribution is 2.28. The summed E-state index contributed by atoms with van der Waals surface area (Å²) >= 11 is 7.30. The molecule has 0 bridgehead atoms. The lowest BCUT2D eigenvalue weighted by atomic mass is 10.1. The molecule has 2 rings (SSSR count). The molecule has 1 amide bonds. The van der Waals surface area contributed by atoms with Gasteiger partial charge >= 0.3 is 5.97 Å². The highest BCUT2D eigenvalue weighted by Gasteiger charge is 2.18. The predicted molar refractivity (Wildman–Crippen MR) is 80.1 cm³/mol. The fraction of sp³-hybridized carbons (Fsp3) is 0.143. The first kappa shape index (κ1) is 14.6. The molecular weight excluding hydrogens is 298 g/mol. The highest BCUT2D eigenvalue weighted by atomic mass is 35.5. The second-order valence-electron chi connectivity index (χ2n) is 4.05. The quantitative estimate of drug-likeness (QED) is 0.899. The average Bonchev–Trinajstić information content (AvgIpc) is 2.89. The molecule has 104 valence electrons. The molecule has 0 fully saturated rings. The van der Waals surface area contributed by atoms with Crippen LogP contribution in [0, 0.1) is 0 Å². The third-order valence-corrected chi connectivity index (χ3v) is 4.09. The summed E-state index contributed by atoms with van der Waals surface area (Å²) in [6, 6.07) is 6.35. The maximum absolute atomic E-state index is 12.2. The molecule has 20 heavy (non-hydrogen) atoms. The molecule has 0 unspecified atom stereocenters. The molecule has 4 nitrogen and oxygen atoms in total. The number of amides is 1. The number of halogens is 1. The van der Waals surface area contributed by atoms with E-state index in [9.17, 15) is 9.59 Å². The van der Waals surface area contributed by atoms with Crippen LogP contribution < -0.4 is 5.32 Å². The molecule has 0 saturated heterocycles. The van der Waals surface area contributed by atoms with Crippen molar-refractivity contribution < 1.29 is 14.7 Å². The van der Waals surface area contributed by atoms with E-state index in [2.05, 4.69) is 5.32 Å². The van der Waals surface area contributed by atoms with Crippen molar-refractivity contribution in [1.29, 1.82) is 0 Å². The number of carbonyl (C=O) groups excluding carboxylic acids is 1. The summed E-state index contributed by atoms with van der Waals surface area (Å²) < 4.78 is 0. The number of aromatic carboxylic acids is 1. The number of anilines is 1. The average molecular weight is 310 g/mol. The molecule has 0 atom stereocenters. The SMILES string of the molecule is CCc1ccsc1C(=O)Nc1c(Cl)cccc1C(=O)O. The van der Waals surface area contributed by atoms with Crippen LogP contribution in [-0.4, -0.2) is 17.0 Å². The van der Waals surface area contributed by atoms with Gasteiger partial charge in [0.2, 0.25) is 0 Å². The summed E-state index contributed by atoms with van der Waals surface area (Å²) in [5.41, 5.74) is 1.03. The number of rotatable bonds is 4. The zero-order valence-electron chi connectivity index (χ0n) is 10.6. The molecule has 0 saturated carbocycles. The molecule has 0 aliphatic heterocycles. The Morgan fingerprint density at radius 3 is 2.75 bits per heavy atom. The summed E-state index contributed by atoms with van der Waals surface area (Å²) in [7, 11) is 0. The van der Waals surface area contributed by atoms with Crippen molar-refractivity contribution in [2.24, 2.45) is 0 Å². The van der Waals surface area contributed by atoms with E-state index in [4.69, 9.17) is 16.7 Å². The number of hydrogen-bond acceptors (Lipinski definition) is 3. The zero-order chi connectivity index (χ0) is 14.7. The number of nitrogens with one attached hydrogen (secondary N) is 1. The molecule has 1 aromatic carbocycles. The molecule has 2 N–H and O–H groups in total. The van der Waals surface area contributed by atoms with Crippen molar-refractivity contribution >= 4 is 40.5 Å². The maximum atomic E-state index is 12.2. The summed E-state index contributed by atoms with van der Waals surface area (Å²) in [6.07, 6.45) is 0.737. The normalized spacial score (nSPS) is 10.3. The van der Waals surface area contributed by atoms with Crippen LogP contribution in [0.2, 0.25) is 5.02 Å². The fourth-order valence-electron chi connectivity index (χ4n) is 1.81. The number of carboxylic acid groups (broad SMARTS) is 1. The Morgan fingerprint density at radius 2 is 2.10 bits per heavy atom. The van der Waals surface area contributed by atoms with Gasteiger partial charge in [0.1, 0.15) is 0 Å². The highest BCUT2D eigenvalue weighted by molar-refractivity contribution is 7.12. The van der Waals surface area contributed by atoms with E-state index in [1.165, 1.54) is 23.5 Å². The lowest BCUT2D eigenvalue weighted by molar-refractivity contribution is 0.0698. The minimum atomic E-state index is -1.13. The number of benzene rings is 1. The number of para-hydroxylation sites is 1. The lowest BCUT2D eigenvalue weighted by Crippen LogP contribution is -2.15. The van der Waals surface area contributed by atoms with Crippen LogP contribution in [0.5, 0.6) is 0 Å². The van der Waals surface area contributed by atoms with Gasteiger partial charge in [-0.2, -0.15) is 0 Å². The van der Waals surface area contributed by atoms with Gasteiger partial charge in [-0.3, -0.25) is 4.79 Å². The Labute approximate surface area is 125 Å². The monoisotopic (exact) mass is 309 g/mol. The number of carbonyl (C=O) groups is 2. The zero-order valence-corrected chi connectivity index (χ0v) is 12.2. The first-order valence-electron chi connectivity index (χ1n) is 5.94. The van der Waals surface area contributed by atoms with E-state index < -0.39 is 5.97 Å². The maximum Gasteiger partial charge on any atom is 0.337 e. The standard InChI is InChI=1S/C14H12ClNO3S/c1-2-8-6-7-20-12(8)13(17)16-11-9(14(18)19)4-3-5-10(11)15/h3-7H,2H2,1H3,(H,16,17)(H,18,19). The minimum Gasteiger partial charge on any atom is -0.478 e. The number of carboxylic acids is 1. The van der Waals surface area contributed by atoms with Gasteiger partial charge in [-0.25, -0.2) is 4.79 Å². The molecular formula is C14H12ClNO3S. The molecule has 2 aromatic rings. The first-order chi connectivity index (χ1) is 9.54. The van der Waals surface area contributed by atoms with Crippen molar-refractivity contribution in [3.8, 4) is 0 Å². The lowest BCUT2D eigenvalue weighted by Gasteiger charge is -2.10. The van der Waals surface area contributed by atoms with Crippen LogP contribution in [-0.2, 0) is 6.42 Å². The Kier molecular flexibility index (Phi) is 4.42. The van der Waals surface area contributed by atoms with Crippen molar-refractivity contribution in [3.63, 3.8) is 0 Å². The van der Waals surface area contributed by atoms with Gasteiger partial charge in [-0.1, -0.05) is 24.6 Å². The van der Waals surface area contributed by atoms with Crippen LogP contribution in [0.1, 0.15) is 32.5 Å². The van der Waals surface area contributed by atoms with Gasteiger partial charge in [0.25, 0.3) is 5.91 Å². The van der Waals surface area contributed by atoms with Crippen LogP contribution in [0.3, 0.4) is 0 Å². The predicted octanol–water partition coefficient (Wildman–Crippen LogP) is 3.91. The summed E-state index contributed by atoms with van der Waals surface area (Å²) in [4.78, 5) is 24.0. The van der Waals surface area contributed by atoms with Crippen molar-refractivity contribution in [3.05, 3.63) is 50.7 Å². The molecule has 0 spiro atoms. The fourth-order valence-corrected chi connectivity index (χ4v) is 2.93. The largest absolute Gasteiger partial charge is 0.478 e. The van der Waals surface area contributed by atoms with Gasteiger partial charge in [-0.15, -0.1) is 11.3 Å². The Balaban J connectivity index is 2.35. The Morgan fingerprint density at radius 1 is 1.35 bits per heavy atom. The van der Waals surface area contributed by atoms with Gasteiger partial charge in [-0.05, 0) is 35.6 Å². The summed E-state index contributed by atoms with van der Waals surface area (Å²) in [5.74, 6) is -1.47. The van der Waals surface area contributed by atoms with Crippen LogP contribution in [0.4, 0.5) is 5.69 Å². The van der Waals surface area contributed by atoms with Gasteiger partial charge in [0.05, 0.1) is 21.2 Å². The third-order valence-electron chi connectivity index (χ3n) is 2.82. The van der Waals surface area contributed by atoms with Crippen LogP contribution in [0.25, 0.3) is 0 Å². The molecule has 0 aliphatic rings. The van der Waals surface area contributed by atoms with E-state index in [-0.39, 0.29) is 22.2 Å². The van der Waals surface area contributed by atoms with E-state index in [0.29, 0.717) is 4.88 Å². The van der Waals surface area contributed by atoms with Gasteiger partial charge in [0, 0.05) is 0 Å². The molecule has 1 aromatic heterocycles. The smallest absolute Gasteiger partial charge is 0.337 e. The molecule has 1 heterocycles. The molecule has 0 aliphatic carbocycles. The van der Waals surface area contributed by atoms with Crippen molar-refractivity contribution in [2.75, 3.05) is 5.32 Å². The Hall–Kier alpha value is -1.85. The minimum absolute atomic E-state index is 0.0274. The first-order valence-corrected chi connectivity index (χ1v) is 7.19. The van der Waals surface area contributed by atoms with Gasteiger partial charge in [0.15, 0.2) is 0 Å². The van der Waals surface area contributed by atoms with Crippen LogP contribution >= 0.6 is 22.9 Å².